The molecule has 0 N–H and O–H groups in total. The van der Waals surface area contributed by atoms with Gasteiger partial charge in [0.25, 0.3) is 5.82 Å². The van der Waals surface area contributed by atoms with Gasteiger partial charge in [-0.25, -0.2) is 9.47 Å². The summed E-state index contributed by atoms with van der Waals surface area (Å²) in [5.41, 5.74) is 3.82. The molecule has 1 atom stereocenters. The highest BCUT2D eigenvalue weighted by Crippen LogP contribution is 2.28. The molecule has 25 heavy (non-hydrogen) atoms. The molecule has 3 aromatic rings. The Morgan fingerprint density at radius 3 is 2.32 bits per heavy atom. The molecule has 0 spiro atoms. The van der Waals surface area contributed by atoms with Crippen LogP contribution in [0.25, 0.3) is 22.0 Å². The van der Waals surface area contributed by atoms with Crippen LogP contribution in [0.4, 0.5) is 5.82 Å². The first-order chi connectivity index (χ1) is 12.1. The van der Waals surface area contributed by atoms with Crippen molar-refractivity contribution in [1.82, 2.24) is 4.90 Å². The minimum Gasteiger partial charge on any atom is -0.339 e. The third kappa shape index (κ3) is 2.56. The predicted molar refractivity (Wildman–Crippen MR) is 104 cm³/mol. The fourth-order valence-electron chi connectivity index (χ4n) is 3.62. The van der Waals surface area contributed by atoms with Gasteiger partial charge in [-0.2, -0.15) is 0 Å². The molecule has 0 bridgehead atoms. The van der Waals surface area contributed by atoms with Gasteiger partial charge in [-0.05, 0) is 48.4 Å². The number of aryl methyl sites for hydroxylation is 1. The zero-order valence-electron chi connectivity index (χ0n) is 15.3. The van der Waals surface area contributed by atoms with Crippen LogP contribution in [0.3, 0.4) is 0 Å². The maximum absolute atomic E-state index is 2.31. The lowest BCUT2D eigenvalue weighted by Crippen LogP contribution is -2.43. The molecule has 1 aliphatic rings. The Hall–Kier alpha value is -2.81. The number of aromatic nitrogens is 1. The Morgan fingerprint density at radius 1 is 0.920 bits per heavy atom. The van der Waals surface area contributed by atoms with Crippen LogP contribution < -0.4 is 9.47 Å². The number of hydrogen-bond donors (Lipinski definition) is 0. The van der Waals surface area contributed by atoms with Crippen LogP contribution in [0, 0.1) is 6.92 Å². The molecule has 0 saturated carbocycles. The minimum atomic E-state index is 0.319. The summed E-state index contributed by atoms with van der Waals surface area (Å²) in [6, 6.07) is 19.7. The van der Waals surface area contributed by atoms with Crippen LogP contribution in [-0.2, 0) is 7.05 Å². The highest BCUT2D eigenvalue weighted by Gasteiger charge is 2.30. The fraction of sp³-hybridized carbons (Fsp3) is 0.227. The van der Waals surface area contributed by atoms with Crippen molar-refractivity contribution in [3.8, 4) is 11.3 Å². The standard InChI is InChI=1S/C22H24N3/c1-16-14-18-8-5-6-9-19(18)15-20(16)21-10-7-11-22(24(21)4)25-13-12-23(3)17(25)2/h5-15,17H,1-4H3/q+1/t17-/m0/s1. The fourth-order valence-corrected chi connectivity index (χ4v) is 3.62. The predicted octanol–water partition coefficient (Wildman–Crippen LogP) is 4.21. The second-order valence-electron chi connectivity index (χ2n) is 6.85. The van der Waals surface area contributed by atoms with Gasteiger partial charge >= 0.3 is 0 Å². The Labute approximate surface area is 149 Å². The Kier molecular flexibility index (Phi) is 3.72. The molecule has 3 nitrogen and oxygen atoms in total. The van der Waals surface area contributed by atoms with Crippen LogP contribution in [0.2, 0.25) is 0 Å². The molecule has 0 radical (unpaired) electrons. The van der Waals surface area contributed by atoms with Crippen LogP contribution in [0.15, 0.2) is 67.0 Å². The summed E-state index contributed by atoms with van der Waals surface area (Å²) in [7, 11) is 4.26. The zero-order valence-corrected chi connectivity index (χ0v) is 15.3. The van der Waals surface area contributed by atoms with Crippen molar-refractivity contribution in [3.63, 3.8) is 0 Å². The number of rotatable bonds is 2. The summed E-state index contributed by atoms with van der Waals surface area (Å²) in [5, 5.41) is 2.57. The van der Waals surface area contributed by atoms with Crippen molar-refractivity contribution in [2.45, 2.75) is 20.0 Å². The van der Waals surface area contributed by atoms with Gasteiger partial charge in [-0.3, -0.25) is 0 Å². The van der Waals surface area contributed by atoms with Crippen molar-refractivity contribution >= 4 is 16.6 Å². The van der Waals surface area contributed by atoms with Gasteiger partial charge in [-0.1, -0.05) is 30.3 Å². The first-order valence-corrected chi connectivity index (χ1v) is 8.73. The smallest absolute Gasteiger partial charge is 0.283 e. The van der Waals surface area contributed by atoms with Crippen molar-refractivity contribution < 1.29 is 4.57 Å². The first kappa shape index (κ1) is 15.7. The molecule has 0 unspecified atom stereocenters. The molecule has 0 amide bonds. The van der Waals surface area contributed by atoms with Crippen LogP contribution >= 0.6 is 0 Å². The molecule has 0 fully saturated rings. The van der Waals surface area contributed by atoms with E-state index in [1.54, 1.807) is 0 Å². The SMILES string of the molecule is Cc1cc2ccccc2cc1-c1cccc(N2C=CN(C)[C@@H]2C)[n+]1C. The van der Waals surface area contributed by atoms with Gasteiger partial charge in [0.1, 0.15) is 11.9 Å². The monoisotopic (exact) mass is 330 g/mol. The van der Waals surface area contributed by atoms with Crippen LogP contribution in [0.5, 0.6) is 0 Å². The minimum absolute atomic E-state index is 0.319. The van der Waals surface area contributed by atoms with Gasteiger partial charge in [-0.15, -0.1) is 0 Å². The maximum Gasteiger partial charge on any atom is 0.283 e. The van der Waals surface area contributed by atoms with E-state index in [4.69, 9.17) is 0 Å². The molecular weight excluding hydrogens is 306 g/mol. The molecule has 2 aromatic carbocycles. The molecular formula is C22H24N3+. The van der Waals surface area contributed by atoms with E-state index in [0.717, 1.165) is 0 Å². The quantitative estimate of drug-likeness (QED) is 0.652. The summed E-state index contributed by atoms with van der Waals surface area (Å²) < 4.78 is 2.29. The van der Waals surface area contributed by atoms with E-state index < -0.39 is 0 Å². The molecule has 0 saturated heterocycles. The van der Waals surface area contributed by atoms with Crippen molar-refractivity contribution in [3.05, 3.63) is 72.6 Å². The third-order valence-electron chi connectivity index (χ3n) is 5.29. The lowest BCUT2D eigenvalue weighted by Gasteiger charge is -2.22. The average molecular weight is 330 g/mol. The first-order valence-electron chi connectivity index (χ1n) is 8.73. The van der Waals surface area contributed by atoms with Crippen molar-refractivity contribution in [2.75, 3.05) is 11.9 Å². The molecule has 126 valence electrons. The van der Waals surface area contributed by atoms with E-state index >= 15 is 0 Å². The average Bonchev–Trinajstić information content (AvgIpc) is 2.94. The third-order valence-corrected chi connectivity index (χ3v) is 5.29. The Morgan fingerprint density at radius 2 is 1.64 bits per heavy atom. The van der Waals surface area contributed by atoms with E-state index in [2.05, 4.69) is 109 Å². The van der Waals surface area contributed by atoms with Gasteiger partial charge in [0.2, 0.25) is 0 Å². The molecule has 1 aliphatic heterocycles. The summed E-state index contributed by atoms with van der Waals surface area (Å²) >= 11 is 0. The topological polar surface area (TPSA) is 10.4 Å². The van der Waals surface area contributed by atoms with Crippen molar-refractivity contribution in [1.29, 1.82) is 0 Å². The normalized spacial score (nSPS) is 16.9. The summed E-state index contributed by atoms with van der Waals surface area (Å²) in [6.07, 6.45) is 4.59. The zero-order chi connectivity index (χ0) is 17.6. The second-order valence-corrected chi connectivity index (χ2v) is 6.85. The number of anilines is 1. The van der Waals surface area contributed by atoms with Gasteiger partial charge in [0.05, 0.1) is 7.05 Å². The summed E-state index contributed by atoms with van der Waals surface area (Å²) in [5.74, 6) is 1.19. The van der Waals surface area contributed by atoms with Gasteiger partial charge < -0.3 is 4.90 Å². The van der Waals surface area contributed by atoms with E-state index in [9.17, 15) is 0 Å². The summed E-state index contributed by atoms with van der Waals surface area (Å²) in [6.45, 7) is 4.41. The number of nitrogens with zero attached hydrogens (tertiary/aromatic N) is 3. The van der Waals surface area contributed by atoms with E-state index in [1.165, 1.54) is 33.4 Å². The molecule has 0 aliphatic carbocycles. The Balaban J connectivity index is 1.86. The number of pyridine rings is 1. The van der Waals surface area contributed by atoms with Crippen LogP contribution in [0.1, 0.15) is 12.5 Å². The van der Waals surface area contributed by atoms with Gasteiger partial charge in [0.15, 0.2) is 6.17 Å². The lowest BCUT2D eigenvalue weighted by molar-refractivity contribution is -0.647. The number of benzene rings is 2. The number of fused-ring (bicyclic) bond motifs is 1. The maximum atomic E-state index is 2.31. The highest BCUT2D eigenvalue weighted by molar-refractivity contribution is 5.88. The second kappa shape index (κ2) is 5.92. The van der Waals surface area contributed by atoms with E-state index in [-0.39, 0.29) is 0 Å². The van der Waals surface area contributed by atoms with E-state index in [0.29, 0.717) is 6.17 Å². The van der Waals surface area contributed by atoms with Crippen molar-refractivity contribution in [2.24, 2.45) is 7.05 Å². The highest BCUT2D eigenvalue weighted by atomic mass is 15.4. The Bertz CT molecular complexity index is 974. The summed E-state index contributed by atoms with van der Waals surface area (Å²) in [4.78, 5) is 4.52. The largest absolute Gasteiger partial charge is 0.339 e. The number of hydrogen-bond acceptors (Lipinski definition) is 2. The molecule has 1 aromatic heterocycles. The van der Waals surface area contributed by atoms with Gasteiger partial charge in [0, 0.05) is 24.9 Å². The lowest BCUT2D eigenvalue weighted by atomic mass is 9.99. The molecule has 2 heterocycles. The molecule has 3 heteroatoms. The van der Waals surface area contributed by atoms with Crippen LogP contribution in [-0.4, -0.2) is 18.1 Å². The van der Waals surface area contributed by atoms with E-state index in [1.807, 2.05) is 0 Å². The molecule has 4 rings (SSSR count).